The second-order valence-corrected chi connectivity index (χ2v) is 6.12. The molecule has 0 fully saturated rings. The molecule has 0 aromatic heterocycles. The molecule has 0 saturated carbocycles. The summed E-state index contributed by atoms with van der Waals surface area (Å²) in [5.74, 6) is -0.197. The smallest absolute Gasteiger partial charge is 0.411 e. The lowest BCUT2D eigenvalue weighted by atomic mass is 10.1. The van der Waals surface area contributed by atoms with E-state index in [9.17, 15) is 9.59 Å². The highest BCUT2D eigenvalue weighted by Crippen LogP contribution is 2.13. The third-order valence-electron chi connectivity index (χ3n) is 3.69. The van der Waals surface area contributed by atoms with Crippen LogP contribution in [0.3, 0.4) is 0 Å². The summed E-state index contributed by atoms with van der Waals surface area (Å²) in [4.78, 5) is 26.0. The predicted molar refractivity (Wildman–Crippen MR) is 102 cm³/mol. The van der Waals surface area contributed by atoms with Crippen LogP contribution in [-0.4, -0.2) is 37.6 Å². The van der Waals surface area contributed by atoms with Crippen molar-refractivity contribution in [2.75, 3.05) is 26.0 Å². The largest absolute Gasteiger partial charge is 0.450 e. The van der Waals surface area contributed by atoms with Crippen LogP contribution in [0, 0.1) is 0 Å². The zero-order valence-corrected chi connectivity index (χ0v) is 15.4. The van der Waals surface area contributed by atoms with Crippen LogP contribution in [0.2, 0.25) is 0 Å². The molecule has 0 unspecified atom stereocenters. The molecule has 26 heavy (non-hydrogen) atoms. The third kappa shape index (κ3) is 5.89. The third-order valence-corrected chi connectivity index (χ3v) is 3.69. The molecule has 0 heterocycles. The summed E-state index contributed by atoms with van der Waals surface area (Å²) < 4.78 is 4.84. The lowest BCUT2D eigenvalue weighted by molar-refractivity contribution is 0.0950. The van der Waals surface area contributed by atoms with Crippen molar-refractivity contribution < 1.29 is 14.3 Å². The lowest BCUT2D eigenvalue weighted by Crippen LogP contribution is -2.24. The predicted octanol–water partition coefficient (Wildman–Crippen LogP) is 3.25. The molecular formula is C20H25N3O3. The molecule has 0 spiro atoms. The Morgan fingerprint density at radius 3 is 2.46 bits per heavy atom. The average molecular weight is 355 g/mol. The van der Waals surface area contributed by atoms with E-state index in [4.69, 9.17) is 4.74 Å². The molecule has 2 aromatic carbocycles. The molecule has 0 bridgehead atoms. The minimum atomic E-state index is -0.539. The first-order valence-corrected chi connectivity index (χ1v) is 8.53. The lowest BCUT2D eigenvalue weighted by Gasteiger charge is -2.15. The standard InChI is InChI=1S/C20H25N3O3/c1-4-26-20(25)22-18-11-7-10-15(12-18)19(24)21-13-16-8-5-6-9-17(16)14-23(2)3/h5-12H,4,13-14H2,1-3H3,(H,21,24)(H,22,25). The fourth-order valence-corrected chi connectivity index (χ4v) is 2.53. The van der Waals surface area contributed by atoms with Gasteiger partial charge >= 0.3 is 6.09 Å². The maximum Gasteiger partial charge on any atom is 0.411 e. The minimum absolute atomic E-state index is 0.197. The molecule has 0 saturated heterocycles. The molecule has 2 N–H and O–H groups in total. The van der Waals surface area contributed by atoms with Gasteiger partial charge in [-0.25, -0.2) is 4.79 Å². The van der Waals surface area contributed by atoms with Crippen LogP contribution in [0.5, 0.6) is 0 Å². The monoisotopic (exact) mass is 355 g/mol. The van der Waals surface area contributed by atoms with E-state index in [0.29, 0.717) is 24.4 Å². The zero-order valence-electron chi connectivity index (χ0n) is 15.4. The molecule has 0 atom stereocenters. The van der Waals surface area contributed by atoms with Crippen molar-refractivity contribution in [3.05, 3.63) is 65.2 Å². The summed E-state index contributed by atoms with van der Waals surface area (Å²) >= 11 is 0. The first kappa shape index (κ1) is 19.5. The van der Waals surface area contributed by atoms with Crippen molar-refractivity contribution >= 4 is 17.7 Å². The molecule has 0 aliphatic rings. The van der Waals surface area contributed by atoms with Gasteiger partial charge < -0.3 is 15.0 Å². The number of anilines is 1. The van der Waals surface area contributed by atoms with Crippen molar-refractivity contribution in [3.63, 3.8) is 0 Å². The number of hydrogen-bond acceptors (Lipinski definition) is 4. The van der Waals surface area contributed by atoms with Crippen LogP contribution in [0.15, 0.2) is 48.5 Å². The fourth-order valence-electron chi connectivity index (χ4n) is 2.53. The summed E-state index contributed by atoms with van der Waals surface area (Å²) in [5.41, 5.74) is 3.25. The number of rotatable bonds is 7. The number of carbonyl (C=O) groups is 2. The Morgan fingerprint density at radius 2 is 1.77 bits per heavy atom. The van der Waals surface area contributed by atoms with E-state index in [-0.39, 0.29) is 5.91 Å². The van der Waals surface area contributed by atoms with Gasteiger partial charge in [-0.2, -0.15) is 0 Å². The molecule has 0 aliphatic heterocycles. The van der Waals surface area contributed by atoms with Crippen molar-refractivity contribution in [3.8, 4) is 0 Å². The molecule has 2 rings (SSSR count). The van der Waals surface area contributed by atoms with E-state index >= 15 is 0 Å². The van der Waals surface area contributed by atoms with Gasteiger partial charge in [0.2, 0.25) is 0 Å². The van der Waals surface area contributed by atoms with Gasteiger partial charge in [-0.15, -0.1) is 0 Å². The number of ether oxygens (including phenoxy) is 1. The second-order valence-electron chi connectivity index (χ2n) is 6.12. The number of benzene rings is 2. The topological polar surface area (TPSA) is 70.7 Å². The van der Waals surface area contributed by atoms with Gasteiger partial charge in [0.05, 0.1) is 6.61 Å². The van der Waals surface area contributed by atoms with Crippen molar-refractivity contribution in [2.45, 2.75) is 20.0 Å². The summed E-state index contributed by atoms with van der Waals surface area (Å²) in [6.07, 6.45) is -0.539. The van der Waals surface area contributed by atoms with Gasteiger partial charge in [-0.05, 0) is 50.3 Å². The van der Waals surface area contributed by atoms with Crippen LogP contribution >= 0.6 is 0 Å². The van der Waals surface area contributed by atoms with Crippen LogP contribution in [0.4, 0.5) is 10.5 Å². The van der Waals surface area contributed by atoms with E-state index in [1.54, 1.807) is 31.2 Å². The minimum Gasteiger partial charge on any atom is -0.450 e. The van der Waals surface area contributed by atoms with Gasteiger partial charge in [0, 0.05) is 24.3 Å². The number of nitrogens with zero attached hydrogens (tertiary/aromatic N) is 1. The number of hydrogen-bond donors (Lipinski definition) is 2. The van der Waals surface area contributed by atoms with Gasteiger partial charge in [-0.1, -0.05) is 30.3 Å². The Bertz CT molecular complexity index is 759. The van der Waals surface area contributed by atoms with Crippen LogP contribution in [-0.2, 0) is 17.8 Å². The Morgan fingerprint density at radius 1 is 1.04 bits per heavy atom. The Kier molecular flexibility index (Phi) is 7.17. The quantitative estimate of drug-likeness (QED) is 0.800. The van der Waals surface area contributed by atoms with Gasteiger partial charge in [-0.3, -0.25) is 10.1 Å². The first-order chi connectivity index (χ1) is 12.5. The highest BCUT2D eigenvalue weighted by Gasteiger charge is 2.09. The first-order valence-electron chi connectivity index (χ1n) is 8.53. The number of carbonyl (C=O) groups excluding carboxylic acids is 2. The molecule has 6 nitrogen and oxygen atoms in total. The molecule has 2 aromatic rings. The normalized spacial score (nSPS) is 10.5. The average Bonchev–Trinajstić information content (AvgIpc) is 2.60. The van der Waals surface area contributed by atoms with E-state index in [0.717, 1.165) is 12.1 Å². The molecule has 6 heteroatoms. The molecule has 0 radical (unpaired) electrons. The zero-order chi connectivity index (χ0) is 18.9. The van der Waals surface area contributed by atoms with Gasteiger partial charge in [0.15, 0.2) is 0 Å². The molecule has 2 amide bonds. The summed E-state index contributed by atoms with van der Waals surface area (Å²) in [5, 5.41) is 5.53. The van der Waals surface area contributed by atoms with Crippen molar-refractivity contribution in [1.82, 2.24) is 10.2 Å². The van der Waals surface area contributed by atoms with E-state index in [2.05, 4.69) is 21.6 Å². The van der Waals surface area contributed by atoms with Crippen molar-refractivity contribution in [2.24, 2.45) is 0 Å². The van der Waals surface area contributed by atoms with Gasteiger partial charge in [0.25, 0.3) is 5.91 Å². The Balaban J connectivity index is 2.01. The number of amides is 2. The SMILES string of the molecule is CCOC(=O)Nc1cccc(C(=O)NCc2ccccc2CN(C)C)c1. The Hall–Kier alpha value is -2.86. The Labute approximate surface area is 154 Å². The van der Waals surface area contributed by atoms with Crippen LogP contribution in [0.1, 0.15) is 28.4 Å². The van der Waals surface area contributed by atoms with E-state index in [1.165, 1.54) is 5.56 Å². The van der Waals surface area contributed by atoms with Crippen LogP contribution in [0.25, 0.3) is 0 Å². The number of nitrogens with one attached hydrogen (secondary N) is 2. The summed E-state index contributed by atoms with van der Waals surface area (Å²) in [7, 11) is 4.02. The van der Waals surface area contributed by atoms with Crippen molar-refractivity contribution in [1.29, 1.82) is 0 Å². The second kappa shape index (κ2) is 9.58. The maximum atomic E-state index is 12.4. The highest BCUT2D eigenvalue weighted by atomic mass is 16.5. The van der Waals surface area contributed by atoms with Gasteiger partial charge in [0.1, 0.15) is 0 Å². The maximum absolute atomic E-state index is 12.4. The van der Waals surface area contributed by atoms with E-state index in [1.807, 2.05) is 32.3 Å². The van der Waals surface area contributed by atoms with E-state index < -0.39 is 6.09 Å². The van der Waals surface area contributed by atoms with Crippen LogP contribution < -0.4 is 10.6 Å². The molecule has 0 aliphatic carbocycles. The molecule has 138 valence electrons. The highest BCUT2D eigenvalue weighted by molar-refractivity contribution is 5.96. The fraction of sp³-hybridized carbons (Fsp3) is 0.300. The molecular weight excluding hydrogens is 330 g/mol. The summed E-state index contributed by atoms with van der Waals surface area (Å²) in [6.45, 7) is 3.28. The summed E-state index contributed by atoms with van der Waals surface area (Å²) in [6, 6.07) is 14.8.